The molecule has 20 heavy (non-hydrogen) atoms. The average molecular weight is 314 g/mol. The van der Waals surface area contributed by atoms with Gasteiger partial charge < -0.3 is 5.73 Å². The zero-order valence-electron chi connectivity index (χ0n) is 10.6. The van der Waals surface area contributed by atoms with Crippen molar-refractivity contribution in [2.24, 2.45) is 5.73 Å². The summed E-state index contributed by atoms with van der Waals surface area (Å²) in [5, 5.41) is 0.274. The van der Waals surface area contributed by atoms with Crippen molar-refractivity contribution < 1.29 is 13.2 Å². The number of nitrogens with two attached hydrogens (primary N) is 1. The highest BCUT2D eigenvalue weighted by molar-refractivity contribution is 7.92. The summed E-state index contributed by atoms with van der Waals surface area (Å²) in [7, 11) is -3.89. The van der Waals surface area contributed by atoms with E-state index in [1.54, 1.807) is 25.1 Å². The van der Waals surface area contributed by atoms with Crippen molar-refractivity contribution in [3.63, 3.8) is 0 Å². The van der Waals surface area contributed by atoms with Crippen molar-refractivity contribution in [3.8, 4) is 5.69 Å². The molecular weight excluding hydrogens is 302 g/mol. The average Bonchev–Trinajstić information content (AvgIpc) is 2.80. The number of nitrogens with zero attached hydrogens (tertiary/aromatic N) is 2. The van der Waals surface area contributed by atoms with Gasteiger partial charge in [-0.2, -0.15) is 0 Å². The zero-order chi connectivity index (χ0) is 14.9. The van der Waals surface area contributed by atoms with Gasteiger partial charge in [-0.15, -0.1) is 0 Å². The molecule has 0 fully saturated rings. The number of carbonyl (C=O) groups excluding carboxylic acids is 1. The molecule has 0 saturated carbocycles. The molecule has 2 N–H and O–H groups in total. The number of benzene rings is 1. The van der Waals surface area contributed by atoms with Crippen LogP contribution >= 0.6 is 11.6 Å². The Morgan fingerprint density at radius 2 is 2.15 bits per heavy atom. The van der Waals surface area contributed by atoms with E-state index in [1.165, 1.54) is 17.0 Å². The minimum atomic E-state index is -3.89. The van der Waals surface area contributed by atoms with E-state index in [-0.39, 0.29) is 5.16 Å². The lowest BCUT2D eigenvalue weighted by Gasteiger charge is -2.11. The molecule has 1 aromatic carbocycles. The van der Waals surface area contributed by atoms with Crippen LogP contribution in [0.25, 0.3) is 5.69 Å². The Labute approximate surface area is 121 Å². The normalized spacial score (nSPS) is 11.5. The quantitative estimate of drug-likeness (QED) is 0.914. The number of aromatic nitrogens is 2. The van der Waals surface area contributed by atoms with Crippen molar-refractivity contribution in [3.05, 3.63) is 41.2 Å². The van der Waals surface area contributed by atoms with E-state index in [4.69, 9.17) is 17.3 Å². The van der Waals surface area contributed by atoms with Crippen LogP contribution in [-0.4, -0.2) is 29.6 Å². The third-order valence-electron chi connectivity index (χ3n) is 2.72. The molecule has 0 saturated heterocycles. The van der Waals surface area contributed by atoms with Gasteiger partial charge in [-0.3, -0.25) is 9.36 Å². The van der Waals surface area contributed by atoms with Crippen molar-refractivity contribution in [2.75, 3.05) is 5.75 Å². The summed E-state index contributed by atoms with van der Waals surface area (Å²) >= 11 is 6.02. The van der Waals surface area contributed by atoms with Crippen LogP contribution in [0.2, 0.25) is 5.02 Å². The number of amides is 1. The van der Waals surface area contributed by atoms with Crippen LogP contribution in [0.5, 0.6) is 0 Å². The van der Waals surface area contributed by atoms with Gasteiger partial charge >= 0.3 is 0 Å². The minimum absolute atomic E-state index is 0.235. The van der Waals surface area contributed by atoms with Crippen LogP contribution < -0.4 is 5.73 Å². The third kappa shape index (κ3) is 2.68. The zero-order valence-corrected chi connectivity index (χ0v) is 12.1. The highest BCUT2D eigenvalue weighted by atomic mass is 35.5. The summed E-state index contributed by atoms with van der Waals surface area (Å²) in [6.45, 7) is 1.77. The molecule has 106 valence electrons. The molecule has 0 unspecified atom stereocenters. The van der Waals surface area contributed by atoms with Gasteiger partial charge in [-0.1, -0.05) is 17.7 Å². The molecule has 8 heteroatoms. The topological polar surface area (TPSA) is 95.1 Å². The Morgan fingerprint density at radius 3 is 2.80 bits per heavy atom. The maximum absolute atomic E-state index is 12.1. The summed E-state index contributed by atoms with van der Waals surface area (Å²) in [4.78, 5) is 14.7. The first-order valence-corrected chi connectivity index (χ1v) is 7.66. The molecule has 1 amide bonds. The maximum Gasteiger partial charge on any atom is 0.233 e. The Kier molecular flexibility index (Phi) is 3.82. The third-order valence-corrected chi connectivity index (χ3v) is 4.65. The molecule has 0 bridgehead atoms. The van der Waals surface area contributed by atoms with Gasteiger partial charge in [0.2, 0.25) is 20.9 Å². The summed E-state index contributed by atoms with van der Waals surface area (Å²) < 4.78 is 25.5. The number of halogens is 1. The summed E-state index contributed by atoms with van der Waals surface area (Å²) in [5.41, 5.74) is 6.24. The lowest BCUT2D eigenvalue weighted by Crippen LogP contribution is -2.25. The lowest BCUT2D eigenvalue weighted by atomic mass is 10.2. The molecule has 1 heterocycles. The molecule has 0 aliphatic carbocycles. The van der Waals surface area contributed by atoms with E-state index in [0.29, 0.717) is 16.3 Å². The Bertz CT molecular complexity index is 768. The van der Waals surface area contributed by atoms with E-state index in [0.717, 1.165) is 0 Å². The van der Waals surface area contributed by atoms with E-state index < -0.39 is 21.5 Å². The minimum Gasteiger partial charge on any atom is -0.369 e. The molecule has 2 aromatic rings. The molecule has 0 radical (unpaired) electrons. The van der Waals surface area contributed by atoms with Gasteiger partial charge in [0.05, 0.1) is 5.69 Å². The van der Waals surface area contributed by atoms with E-state index in [2.05, 4.69) is 4.98 Å². The van der Waals surface area contributed by atoms with E-state index in [9.17, 15) is 13.2 Å². The fourth-order valence-electron chi connectivity index (χ4n) is 1.81. The van der Waals surface area contributed by atoms with Gasteiger partial charge in [-0.25, -0.2) is 13.4 Å². The SMILES string of the molecule is Cc1c(Cl)cccc1-n1ccnc1S(=O)(=O)CC(N)=O. The first-order valence-electron chi connectivity index (χ1n) is 5.63. The van der Waals surface area contributed by atoms with Crippen molar-refractivity contribution in [1.82, 2.24) is 9.55 Å². The molecule has 2 rings (SSSR count). The number of imidazole rings is 1. The van der Waals surface area contributed by atoms with Gasteiger partial charge in [0, 0.05) is 17.4 Å². The number of rotatable bonds is 4. The number of sulfone groups is 1. The van der Waals surface area contributed by atoms with Crippen LogP contribution in [0.4, 0.5) is 0 Å². The standard InChI is InChI=1S/C12H12ClN3O3S/c1-8-9(13)3-2-4-10(8)16-6-5-15-12(16)20(18,19)7-11(14)17/h2-6H,7H2,1H3,(H2,14,17). The molecule has 0 aliphatic heterocycles. The molecule has 0 atom stereocenters. The summed E-state index contributed by atoms with van der Waals surface area (Å²) in [6, 6.07) is 5.12. The Hall–Kier alpha value is -1.86. The second kappa shape index (κ2) is 5.26. The highest BCUT2D eigenvalue weighted by Gasteiger charge is 2.24. The highest BCUT2D eigenvalue weighted by Crippen LogP contribution is 2.24. The Morgan fingerprint density at radius 1 is 1.45 bits per heavy atom. The van der Waals surface area contributed by atoms with Crippen molar-refractivity contribution >= 4 is 27.3 Å². The van der Waals surface area contributed by atoms with Gasteiger partial charge in [-0.05, 0) is 24.6 Å². The first-order chi connectivity index (χ1) is 9.33. The molecule has 0 spiro atoms. The second-order valence-electron chi connectivity index (χ2n) is 4.19. The van der Waals surface area contributed by atoms with Crippen molar-refractivity contribution in [2.45, 2.75) is 12.1 Å². The van der Waals surface area contributed by atoms with Crippen LogP contribution in [0.1, 0.15) is 5.56 Å². The number of hydrogen-bond acceptors (Lipinski definition) is 4. The van der Waals surface area contributed by atoms with Crippen LogP contribution in [0, 0.1) is 6.92 Å². The Balaban J connectivity index is 2.60. The van der Waals surface area contributed by atoms with E-state index in [1.807, 2.05) is 0 Å². The number of carbonyl (C=O) groups is 1. The number of primary amides is 1. The van der Waals surface area contributed by atoms with Gasteiger partial charge in [0.25, 0.3) is 0 Å². The second-order valence-corrected chi connectivity index (χ2v) is 6.48. The smallest absolute Gasteiger partial charge is 0.233 e. The molecular formula is C12H12ClN3O3S. The van der Waals surface area contributed by atoms with Gasteiger partial charge in [0.15, 0.2) is 0 Å². The largest absolute Gasteiger partial charge is 0.369 e. The molecule has 1 aromatic heterocycles. The molecule has 0 aliphatic rings. The van der Waals surface area contributed by atoms with Crippen LogP contribution in [-0.2, 0) is 14.6 Å². The summed E-state index contributed by atoms with van der Waals surface area (Å²) in [6.07, 6.45) is 2.83. The monoisotopic (exact) mass is 313 g/mol. The van der Waals surface area contributed by atoms with Crippen LogP contribution in [0.3, 0.4) is 0 Å². The number of hydrogen-bond donors (Lipinski definition) is 1. The fourth-order valence-corrected chi connectivity index (χ4v) is 3.17. The maximum atomic E-state index is 12.1. The first kappa shape index (κ1) is 14.5. The lowest BCUT2D eigenvalue weighted by molar-refractivity contribution is -0.115. The summed E-state index contributed by atoms with van der Waals surface area (Å²) in [5.74, 6) is -1.72. The van der Waals surface area contributed by atoms with E-state index >= 15 is 0 Å². The molecule has 6 nitrogen and oxygen atoms in total. The van der Waals surface area contributed by atoms with Crippen LogP contribution in [0.15, 0.2) is 35.7 Å². The predicted molar refractivity (Wildman–Crippen MR) is 74.6 cm³/mol. The van der Waals surface area contributed by atoms with Crippen molar-refractivity contribution in [1.29, 1.82) is 0 Å². The fraction of sp³-hybridized carbons (Fsp3) is 0.167. The van der Waals surface area contributed by atoms with Gasteiger partial charge in [0.1, 0.15) is 5.75 Å². The predicted octanol–water partition coefficient (Wildman–Crippen LogP) is 1.09.